The lowest BCUT2D eigenvalue weighted by atomic mass is 9.96. The molecule has 1 saturated heterocycles. The highest BCUT2D eigenvalue weighted by atomic mass is 19.4. The molecule has 0 aliphatic carbocycles. The number of aromatic nitrogens is 3. The molecule has 1 fully saturated rings. The second kappa shape index (κ2) is 6.77. The monoisotopic (exact) mass is 368 g/mol. The summed E-state index contributed by atoms with van der Waals surface area (Å²) >= 11 is 0. The van der Waals surface area contributed by atoms with Crippen LogP contribution < -0.4 is 0 Å². The van der Waals surface area contributed by atoms with E-state index in [9.17, 15) is 22.8 Å². The zero-order chi connectivity index (χ0) is 18.9. The average Bonchev–Trinajstić information content (AvgIpc) is 3.22. The minimum Gasteiger partial charge on any atom is -0.481 e. The number of alkyl halides is 3. The van der Waals surface area contributed by atoms with Gasteiger partial charge in [0, 0.05) is 13.1 Å². The van der Waals surface area contributed by atoms with E-state index in [0.29, 0.717) is 6.54 Å². The maximum atomic E-state index is 13.0. The summed E-state index contributed by atoms with van der Waals surface area (Å²) in [4.78, 5) is 24.4. The number of carbonyl (C=O) groups excluding carboxylic acids is 1. The minimum absolute atomic E-state index is 0.118. The number of amides is 1. The molecule has 0 spiro atoms. The second-order valence-electron chi connectivity index (χ2n) is 6.09. The molecule has 2 atom stereocenters. The zero-order valence-electron chi connectivity index (χ0n) is 13.4. The Labute approximate surface area is 146 Å². The van der Waals surface area contributed by atoms with Gasteiger partial charge >= 0.3 is 12.1 Å². The molecular formula is C16H15F3N4O3. The SMILES string of the molecule is O=C(O)[C@@H]1CN(C(=O)c2cn(Cc3ccccc3)nn2)C[C@H]1C(F)(F)F. The minimum atomic E-state index is -4.69. The molecule has 1 aliphatic heterocycles. The molecular weight excluding hydrogens is 353 g/mol. The lowest BCUT2D eigenvalue weighted by molar-refractivity contribution is -0.187. The van der Waals surface area contributed by atoms with Crippen LogP contribution in [0, 0.1) is 11.8 Å². The highest BCUT2D eigenvalue weighted by molar-refractivity contribution is 5.92. The summed E-state index contributed by atoms with van der Waals surface area (Å²) in [6.45, 7) is -0.862. The number of rotatable bonds is 4. The van der Waals surface area contributed by atoms with Crippen molar-refractivity contribution in [3.63, 3.8) is 0 Å². The number of hydrogen-bond acceptors (Lipinski definition) is 4. The van der Waals surface area contributed by atoms with Crippen molar-refractivity contribution in [1.29, 1.82) is 0 Å². The largest absolute Gasteiger partial charge is 0.481 e. The summed E-state index contributed by atoms with van der Waals surface area (Å²) in [7, 11) is 0. The van der Waals surface area contributed by atoms with Crippen molar-refractivity contribution in [2.24, 2.45) is 11.8 Å². The van der Waals surface area contributed by atoms with Gasteiger partial charge in [-0.3, -0.25) is 9.59 Å². The number of benzene rings is 1. The second-order valence-corrected chi connectivity index (χ2v) is 6.09. The molecule has 1 amide bonds. The molecule has 2 aromatic rings. The van der Waals surface area contributed by atoms with Gasteiger partial charge in [0.2, 0.25) is 0 Å². The first-order valence-electron chi connectivity index (χ1n) is 7.78. The summed E-state index contributed by atoms with van der Waals surface area (Å²) in [5.74, 6) is -6.11. The molecule has 1 N–H and O–H groups in total. The van der Waals surface area contributed by atoms with Crippen molar-refractivity contribution in [3.8, 4) is 0 Å². The number of carboxylic acids is 1. The molecule has 0 saturated carbocycles. The van der Waals surface area contributed by atoms with Crippen LogP contribution in [0.1, 0.15) is 16.1 Å². The summed E-state index contributed by atoms with van der Waals surface area (Å²) < 4.78 is 40.5. The fourth-order valence-corrected chi connectivity index (χ4v) is 2.96. The Morgan fingerprint density at radius 3 is 2.46 bits per heavy atom. The van der Waals surface area contributed by atoms with Crippen LogP contribution >= 0.6 is 0 Å². The van der Waals surface area contributed by atoms with Crippen LogP contribution in [-0.4, -0.2) is 56.1 Å². The van der Waals surface area contributed by atoms with E-state index in [0.717, 1.165) is 10.5 Å². The van der Waals surface area contributed by atoms with Crippen LogP contribution in [0.25, 0.3) is 0 Å². The van der Waals surface area contributed by atoms with Crippen LogP contribution in [0.3, 0.4) is 0 Å². The fraction of sp³-hybridized carbons (Fsp3) is 0.375. The average molecular weight is 368 g/mol. The first-order chi connectivity index (χ1) is 12.3. The highest BCUT2D eigenvalue weighted by Gasteiger charge is 2.53. The van der Waals surface area contributed by atoms with E-state index >= 15 is 0 Å². The molecule has 7 nitrogen and oxygen atoms in total. The number of likely N-dealkylation sites (tertiary alicyclic amines) is 1. The van der Waals surface area contributed by atoms with Crippen molar-refractivity contribution in [2.75, 3.05) is 13.1 Å². The summed E-state index contributed by atoms with van der Waals surface area (Å²) in [6, 6.07) is 9.24. The van der Waals surface area contributed by atoms with Crippen LogP contribution in [0.4, 0.5) is 13.2 Å². The number of carbonyl (C=O) groups is 2. The van der Waals surface area contributed by atoms with Crippen LogP contribution in [0.5, 0.6) is 0 Å². The first kappa shape index (κ1) is 17.9. The van der Waals surface area contributed by atoms with Crippen molar-refractivity contribution >= 4 is 11.9 Å². The van der Waals surface area contributed by atoms with Crippen molar-refractivity contribution in [1.82, 2.24) is 19.9 Å². The van der Waals surface area contributed by atoms with Crippen molar-refractivity contribution in [3.05, 3.63) is 47.8 Å². The van der Waals surface area contributed by atoms with Gasteiger partial charge < -0.3 is 10.0 Å². The molecule has 138 valence electrons. The number of carboxylic acid groups (broad SMARTS) is 1. The zero-order valence-corrected chi connectivity index (χ0v) is 13.4. The Kier molecular flexibility index (Phi) is 4.66. The van der Waals surface area contributed by atoms with E-state index in [1.807, 2.05) is 30.3 Å². The van der Waals surface area contributed by atoms with E-state index in [2.05, 4.69) is 10.3 Å². The van der Waals surface area contributed by atoms with E-state index in [1.54, 1.807) is 0 Å². The van der Waals surface area contributed by atoms with Gasteiger partial charge in [-0.25, -0.2) is 4.68 Å². The highest BCUT2D eigenvalue weighted by Crippen LogP contribution is 2.38. The number of aliphatic carboxylic acids is 1. The van der Waals surface area contributed by atoms with Gasteiger partial charge in [-0.1, -0.05) is 35.5 Å². The topological polar surface area (TPSA) is 88.3 Å². The summed E-state index contributed by atoms with van der Waals surface area (Å²) in [5.41, 5.74) is 0.800. The van der Waals surface area contributed by atoms with Gasteiger partial charge in [0.1, 0.15) is 0 Å². The van der Waals surface area contributed by atoms with Gasteiger partial charge in [0.05, 0.1) is 24.6 Å². The maximum absolute atomic E-state index is 13.0. The lowest BCUT2D eigenvalue weighted by Crippen LogP contribution is -2.34. The van der Waals surface area contributed by atoms with Crippen LogP contribution in [0.2, 0.25) is 0 Å². The van der Waals surface area contributed by atoms with Crippen molar-refractivity contribution in [2.45, 2.75) is 12.7 Å². The fourth-order valence-electron chi connectivity index (χ4n) is 2.96. The summed E-state index contributed by atoms with van der Waals surface area (Å²) in [6.07, 6.45) is -3.35. The normalized spacial score (nSPS) is 20.3. The molecule has 1 aromatic carbocycles. The molecule has 0 unspecified atom stereocenters. The molecule has 3 rings (SSSR count). The third-order valence-corrected chi connectivity index (χ3v) is 4.29. The standard InChI is InChI=1S/C16H15F3N4O3/c17-16(18,19)12-8-22(7-11(12)15(25)26)14(24)13-9-23(21-20-13)6-10-4-2-1-3-5-10/h1-5,9,11-12H,6-8H2,(H,25,26)/t11-,12-/m1/s1. The molecule has 2 heterocycles. The maximum Gasteiger partial charge on any atom is 0.394 e. The van der Waals surface area contributed by atoms with E-state index in [1.165, 1.54) is 10.9 Å². The quantitative estimate of drug-likeness (QED) is 0.887. The first-order valence-corrected chi connectivity index (χ1v) is 7.78. The van der Waals surface area contributed by atoms with Gasteiger partial charge in [0.15, 0.2) is 5.69 Å². The van der Waals surface area contributed by atoms with Gasteiger partial charge in [-0.15, -0.1) is 5.10 Å². The third-order valence-electron chi connectivity index (χ3n) is 4.29. The number of halogens is 3. The number of hydrogen-bond donors (Lipinski definition) is 1. The van der Waals surface area contributed by atoms with Gasteiger partial charge in [-0.05, 0) is 5.56 Å². The lowest BCUT2D eigenvalue weighted by Gasteiger charge is -2.17. The number of nitrogens with zero attached hydrogens (tertiary/aromatic N) is 4. The Morgan fingerprint density at radius 1 is 1.19 bits per heavy atom. The molecule has 10 heteroatoms. The molecule has 0 radical (unpaired) electrons. The van der Waals surface area contributed by atoms with Crippen LogP contribution in [-0.2, 0) is 11.3 Å². The predicted molar refractivity (Wildman–Crippen MR) is 82.1 cm³/mol. The predicted octanol–water partition coefficient (Wildman–Crippen LogP) is 1.66. The molecule has 26 heavy (non-hydrogen) atoms. The molecule has 0 bridgehead atoms. The summed E-state index contributed by atoms with van der Waals surface area (Å²) in [5, 5.41) is 16.5. The Bertz CT molecular complexity index is 807. The van der Waals surface area contributed by atoms with E-state index in [-0.39, 0.29) is 5.69 Å². The van der Waals surface area contributed by atoms with E-state index < -0.39 is 43.0 Å². The van der Waals surface area contributed by atoms with Gasteiger partial charge in [-0.2, -0.15) is 13.2 Å². The molecule has 1 aliphatic rings. The Hall–Kier alpha value is -2.91. The van der Waals surface area contributed by atoms with E-state index in [4.69, 9.17) is 5.11 Å². The van der Waals surface area contributed by atoms with Crippen LogP contribution in [0.15, 0.2) is 36.5 Å². The molecule has 1 aromatic heterocycles. The van der Waals surface area contributed by atoms with Crippen molar-refractivity contribution < 1.29 is 27.9 Å². The Balaban J connectivity index is 1.73. The smallest absolute Gasteiger partial charge is 0.394 e. The van der Waals surface area contributed by atoms with Gasteiger partial charge in [0.25, 0.3) is 5.91 Å². The Morgan fingerprint density at radius 2 is 1.88 bits per heavy atom. The third kappa shape index (κ3) is 3.68.